The lowest BCUT2D eigenvalue weighted by Crippen LogP contribution is -2.48. The van der Waals surface area contributed by atoms with E-state index < -0.39 is 10.0 Å². The summed E-state index contributed by atoms with van der Waals surface area (Å²) in [7, 11) is -2.09. The second-order valence-electron chi connectivity index (χ2n) is 8.77. The molecule has 0 bridgehead atoms. The zero-order chi connectivity index (χ0) is 24.1. The third-order valence-electron chi connectivity index (χ3n) is 6.31. The molecule has 0 aromatic heterocycles. The number of hydrogen-bond donors (Lipinski definition) is 0. The number of sulfonamides is 1. The smallest absolute Gasteiger partial charge is 0.264 e. The SMILES string of the molecule is Cc1ccc(S(=O)(=O)N(C)c2ccc(CC(=O)N3CCN(Cc4ccccc4)CC3)cc2)cc1. The van der Waals surface area contributed by atoms with E-state index in [1.54, 1.807) is 43.4 Å². The predicted octanol–water partition coefficient (Wildman–Crippen LogP) is 3.71. The molecule has 3 aromatic rings. The molecule has 0 radical (unpaired) electrons. The van der Waals surface area contributed by atoms with Gasteiger partial charge in [0, 0.05) is 39.8 Å². The molecule has 1 fully saturated rings. The summed E-state index contributed by atoms with van der Waals surface area (Å²) in [6, 6.07) is 24.4. The highest BCUT2D eigenvalue weighted by molar-refractivity contribution is 7.92. The summed E-state index contributed by atoms with van der Waals surface area (Å²) in [5.41, 5.74) is 3.73. The van der Waals surface area contributed by atoms with E-state index in [0.29, 0.717) is 12.1 Å². The highest BCUT2D eigenvalue weighted by Crippen LogP contribution is 2.23. The van der Waals surface area contributed by atoms with Crippen molar-refractivity contribution in [1.82, 2.24) is 9.80 Å². The molecule has 4 rings (SSSR count). The van der Waals surface area contributed by atoms with E-state index in [-0.39, 0.29) is 10.8 Å². The molecule has 1 aliphatic rings. The van der Waals surface area contributed by atoms with Gasteiger partial charge in [0.1, 0.15) is 0 Å². The summed E-state index contributed by atoms with van der Waals surface area (Å²) in [5, 5.41) is 0. The van der Waals surface area contributed by atoms with Crippen LogP contribution >= 0.6 is 0 Å². The Balaban J connectivity index is 1.32. The molecule has 3 aromatic carbocycles. The fourth-order valence-corrected chi connectivity index (χ4v) is 5.31. The van der Waals surface area contributed by atoms with Gasteiger partial charge in [-0.15, -0.1) is 0 Å². The fraction of sp³-hybridized carbons (Fsp3) is 0.296. The van der Waals surface area contributed by atoms with Gasteiger partial charge in [0.2, 0.25) is 5.91 Å². The molecule has 1 heterocycles. The van der Waals surface area contributed by atoms with Crippen molar-refractivity contribution in [3.8, 4) is 0 Å². The summed E-state index contributed by atoms with van der Waals surface area (Å²) in [4.78, 5) is 17.4. The number of rotatable bonds is 7. The van der Waals surface area contributed by atoms with Crippen molar-refractivity contribution in [2.24, 2.45) is 0 Å². The predicted molar refractivity (Wildman–Crippen MR) is 135 cm³/mol. The second-order valence-corrected chi connectivity index (χ2v) is 10.7. The topological polar surface area (TPSA) is 60.9 Å². The fourth-order valence-electron chi connectivity index (χ4n) is 4.11. The van der Waals surface area contributed by atoms with E-state index in [4.69, 9.17) is 0 Å². The number of carbonyl (C=O) groups excluding carboxylic acids is 1. The van der Waals surface area contributed by atoms with Crippen molar-refractivity contribution in [2.75, 3.05) is 37.5 Å². The lowest BCUT2D eigenvalue weighted by Gasteiger charge is -2.34. The average Bonchev–Trinajstić information content (AvgIpc) is 2.85. The molecule has 6 nitrogen and oxygen atoms in total. The van der Waals surface area contributed by atoms with E-state index >= 15 is 0 Å². The van der Waals surface area contributed by atoms with E-state index in [2.05, 4.69) is 29.2 Å². The van der Waals surface area contributed by atoms with Gasteiger partial charge >= 0.3 is 0 Å². The van der Waals surface area contributed by atoms with Crippen molar-refractivity contribution in [3.63, 3.8) is 0 Å². The quantitative estimate of drug-likeness (QED) is 0.521. The van der Waals surface area contributed by atoms with Crippen LogP contribution in [0.4, 0.5) is 5.69 Å². The summed E-state index contributed by atoms with van der Waals surface area (Å²) < 4.78 is 27.1. The van der Waals surface area contributed by atoms with Gasteiger partial charge in [-0.3, -0.25) is 14.0 Å². The maximum atomic E-state index is 12.9. The van der Waals surface area contributed by atoms with Gasteiger partial charge in [0.25, 0.3) is 10.0 Å². The molecule has 34 heavy (non-hydrogen) atoms. The normalized spacial score (nSPS) is 14.7. The summed E-state index contributed by atoms with van der Waals surface area (Å²) in [6.45, 7) is 6.00. The lowest BCUT2D eigenvalue weighted by molar-refractivity contribution is -0.132. The zero-order valence-corrected chi connectivity index (χ0v) is 20.5. The first-order valence-corrected chi connectivity index (χ1v) is 13.0. The first-order valence-electron chi connectivity index (χ1n) is 11.5. The van der Waals surface area contributed by atoms with Crippen molar-refractivity contribution in [3.05, 3.63) is 95.6 Å². The highest BCUT2D eigenvalue weighted by atomic mass is 32.2. The number of benzene rings is 3. The zero-order valence-electron chi connectivity index (χ0n) is 19.7. The molecule has 0 unspecified atom stereocenters. The Bertz CT molecular complexity index is 1200. The Kier molecular flexibility index (Phi) is 7.34. The molecule has 0 saturated carbocycles. The van der Waals surface area contributed by atoms with E-state index in [0.717, 1.165) is 43.9 Å². The second kappa shape index (κ2) is 10.4. The maximum Gasteiger partial charge on any atom is 0.264 e. The van der Waals surface area contributed by atoms with Gasteiger partial charge in [-0.1, -0.05) is 60.2 Å². The van der Waals surface area contributed by atoms with Crippen LogP contribution in [-0.4, -0.2) is 57.4 Å². The number of anilines is 1. The minimum Gasteiger partial charge on any atom is -0.340 e. The number of carbonyl (C=O) groups is 1. The monoisotopic (exact) mass is 477 g/mol. The first kappa shape index (κ1) is 24.0. The van der Waals surface area contributed by atoms with Gasteiger partial charge in [-0.05, 0) is 42.3 Å². The van der Waals surface area contributed by atoms with Crippen molar-refractivity contribution >= 4 is 21.6 Å². The van der Waals surface area contributed by atoms with E-state index in [9.17, 15) is 13.2 Å². The van der Waals surface area contributed by atoms with Crippen molar-refractivity contribution < 1.29 is 13.2 Å². The minimum atomic E-state index is -3.64. The van der Waals surface area contributed by atoms with Crippen LogP contribution < -0.4 is 4.31 Å². The summed E-state index contributed by atoms with van der Waals surface area (Å²) in [6.07, 6.45) is 0.313. The standard InChI is InChI=1S/C27H31N3O3S/c1-22-8-14-26(15-9-22)34(32,33)28(2)25-12-10-23(11-13-25)20-27(31)30-18-16-29(17-19-30)21-24-6-4-3-5-7-24/h3-15H,16-21H2,1-2H3. The molecular formula is C27H31N3O3S. The van der Waals surface area contributed by atoms with Crippen LogP contribution in [0.1, 0.15) is 16.7 Å². The number of piperazine rings is 1. The van der Waals surface area contributed by atoms with Gasteiger partial charge in [0.15, 0.2) is 0 Å². The van der Waals surface area contributed by atoms with Crippen LogP contribution in [0.3, 0.4) is 0 Å². The molecule has 7 heteroatoms. The molecule has 0 spiro atoms. The molecule has 178 valence electrons. The molecular weight excluding hydrogens is 446 g/mol. The molecule has 0 aliphatic carbocycles. The van der Waals surface area contributed by atoms with Crippen molar-refractivity contribution in [2.45, 2.75) is 24.8 Å². The van der Waals surface area contributed by atoms with Crippen LogP contribution in [-0.2, 0) is 27.8 Å². The third kappa shape index (κ3) is 5.66. The Labute approximate surface area is 202 Å². The molecule has 0 atom stereocenters. The van der Waals surface area contributed by atoms with Crippen LogP contribution in [0, 0.1) is 6.92 Å². The van der Waals surface area contributed by atoms with Crippen molar-refractivity contribution in [1.29, 1.82) is 0 Å². The maximum absolute atomic E-state index is 12.9. The number of aryl methyl sites for hydroxylation is 1. The van der Waals surface area contributed by atoms with E-state index in [1.807, 2.05) is 30.0 Å². The Hall–Kier alpha value is -3.16. The summed E-state index contributed by atoms with van der Waals surface area (Å²) >= 11 is 0. The van der Waals surface area contributed by atoms with Gasteiger partial charge in [-0.2, -0.15) is 0 Å². The van der Waals surface area contributed by atoms with Crippen LogP contribution in [0.5, 0.6) is 0 Å². The van der Waals surface area contributed by atoms with Gasteiger partial charge in [0.05, 0.1) is 17.0 Å². The van der Waals surface area contributed by atoms with Gasteiger partial charge in [-0.25, -0.2) is 8.42 Å². The van der Waals surface area contributed by atoms with Crippen LogP contribution in [0.2, 0.25) is 0 Å². The minimum absolute atomic E-state index is 0.104. The highest BCUT2D eigenvalue weighted by Gasteiger charge is 2.23. The molecule has 0 N–H and O–H groups in total. The number of nitrogens with zero attached hydrogens (tertiary/aromatic N) is 3. The molecule has 1 aliphatic heterocycles. The Morgan fingerprint density at radius 2 is 1.44 bits per heavy atom. The van der Waals surface area contributed by atoms with E-state index in [1.165, 1.54) is 9.87 Å². The number of amides is 1. The average molecular weight is 478 g/mol. The summed E-state index contributed by atoms with van der Waals surface area (Å²) in [5.74, 6) is 0.104. The first-order chi connectivity index (χ1) is 16.3. The van der Waals surface area contributed by atoms with Gasteiger partial charge < -0.3 is 4.90 Å². The molecule has 1 amide bonds. The number of hydrogen-bond acceptors (Lipinski definition) is 4. The Morgan fingerprint density at radius 1 is 0.824 bits per heavy atom. The third-order valence-corrected chi connectivity index (χ3v) is 8.11. The van der Waals surface area contributed by atoms with Crippen LogP contribution in [0.15, 0.2) is 83.8 Å². The lowest BCUT2D eigenvalue weighted by atomic mass is 10.1. The Morgan fingerprint density at radius 3 is 2.06 bits per heavy atom. The van der Waals surface area contributed by atoms with Crippen LogP contribution in [0.25, 0.3) is 0 Å². The largest absolute Gasteiger partial charge is 0.340 e. The molecule has 1 saturated heterocycles.